The lowest BCUT2D eigenvalue weighted by Crippen LogP contribution is -2.21. The Labute approximate surface area is 697 Å². The number of carboxylic acid groups (broad SMARTS) is 1. The summed E-state index contributed by atoms with van der Waals surface area (Å²) in [6.45, 7) is 19.8. The number of anilines is 3. The van der Waals surface area contributed by atoms with Gasteiger partial charge in [0, 0.05) is 86.1 Å². The number of hydrogen-bond donors (Lipinski definition) is 7. The molecule has 7 N–H and O–H groups in total. The molecular formula is C75H84Cl9N12O16P. The molecule has 0 fully saturated rings. The van der Waals surface area contributed by atoms with Gasteiger partial charge in [-0.2, -0.15) is 5.26 Å². The van der Waals surface area contributed by atoms with E-state index in [-0.39, 0.29) is 82.8 Å². The summed E-state index contributed by atoms with van der Waals surface area (Å²) >= 11 is 48.1. The number of aromatic amines is 1. The average Bonchev–Trinajstić information content (AvgIpc) is 0.775. The number of aromatic hydroxyl groups is 1. The molecule has 7 heterocycles. The van der Waals surface area contributed by atoms with E-state index in [1.54, 1.807) is 46.0 Å². The monoisotopic (exact) mass is 1750 g/mol. The SMILES string of the molecule is C.CCNc1cc(Cl)ncc1C(=O)O.CCNc1cc(Cl)ncc1C(=O)OCC.CCNc1cc(Cl)ncc1C=O.CCOC(=O)CC(=O)CC(C)=O.CCOC(=O)c1c[nH]c(=O)cc1O.CCOC(=O)c1cnc(Cl)cc1Cl.CCn1c(=N)c(-c2ccccc2)cc2cnc(Cl)cc21.N#CCc1ccccc1.O=P(Cl)(Cl)Cl. The molecule has 0 aliphatic heterocycles. The van der Waals surface area contributed by atoms with Gasteiger partial charge in [0.15, 0.2) is 12.1 Å². The number of aryl methyl sites for hydroxylation is 1. The van der Waals surface area contributed by atoms with Crippen molar-refractivity contribution in [2.45, 2.75) is 95.5 Å². The highest BCUT2D eigenvalue weighted by Crippen LogP contribution is 2.61. The average molecular weight is 1760 g/mol. The fourth-order valence-corrected chi connectivity index (χ4v) is 9.45. The smallest absolute Gasteiger partial charge is 0.343 e. The van der Waals surface area contributed by atoms with Crippen molar-refractivity contribution in [3.05, 3.63) is 220 Å². The number of ketones is 2. The highest BCUT2D eigenvalue weighted by atomic mass is 36.0. The molecule has 0 aliphatic carbocycles. The van der Waals surface area contributed by atoms with E-state index in [4.69, 9.17) is 100.0 Å². The van der Waals surface area contributed by atoms with Crippen molar-refractivity contribution in [2.24, 2.45) is 0 Å². The van der Waals surface area contributed by atoms with Crippen LogP contribution in [0.15, 0.2) is 145 Å². The van der Waals surface area contributed by atoms with Crippen molar-refractivity contribution in [3.63, 3.8) is 0 Å². The van der Waals surface area contributed by atoms with Gasteiger partial charge in [-0.1, -0.05) is 138 Å². The van der Waals surface area contributed by atoms with E-state index < -0.39 is 40.6 Å². The van der Waals surface area contributed by atoms with E-state index in [1.807, 2.05) is 105 Å². The molecule has 38 heteroatoms. The second-order valence-electron chi connectivity index (χ2n) is 21.2. The Morgan fingerprint density at radius 2 is 1.03 bits per heavy atom. The summed E-state index contributed by atoms with van der Waals surface area (Å²) in [5.74, 6) is -4.11. The summed E-state index contributed by atoms with van der Waals surface area (Å²) in [7, 11) is 0. The van der Waals surface area contributed by atoms with E-state index in [2.05, 4.69) is 95.1 Å². The highest BCUT2D eigenvalue weighted by molar-refractivity contribution is 8.24. The van der Waals surface area contributed by atoms with Crippen LogP contribution >= 0.6 is 109 Å². The van der Waals surface area contributed by atoms with Crippen molar-refractivity contribution in [3.8, 4) is 22.9 Å². The first kappa shape index (κ1) is 103. The Kier molecular flexibility index (Phi) is 52.3. The Hall–Kier alpha value is -9.76. The van der Waals surface area contributed by atoms with E-state index in [1.165, 1.54) is 43.8 Å². The number of rotatable bonds is 22. The molecule has 7 aromatic heterocycles. The zero-order valence-electron chi connectivity index (χ0n) is 61.7. The molecule has 0 radical (unpaired) electrons. The van der Waals surface area contributed by atoms with Gasteiger partial charge in [0.05, 0.1) is 78.4 Å². The Balaban J connectivity index is 0.00000127. The van der Waals surface area contributed by atoms with E-state index in [9.17, 15) is 47.7 Å². The molecule has 9 aromatic rings. The molecule has 113 heavy (non-hydrogen) atoms. The van der Waals surface area contributed by atoms with Gasteiger partial charge in [-0.25, -0.2) is 44.1 Å². The van der Waals surface area contributed by atoms with Crippen molar-refractivity contribution in [1.29, 1.82) is 10.7 Å². The number of H-pyrrole nitrogens is 1. The summed E-state index contributed by atoms with van der Waals surface area (Å²) < 4.78 is 30.2. The first-order chi connectivity index (χ1) is 53.1. The van der Waals surface area contributed by atoms with Crippen molar-refractivity contribution in [2.75, 3.05) is 62.0 Å². The van der Waals surface area contributed by atoms with Crippen LogP contribution in [0.5, 0.6) is 5.75 Å². The maximum atomic E-state index is 11.5. The number of carbonyl (C=O) groups excluding carboxylic acids is 7. The second kappa shape index (κ2) is 57.3. The number of carboxylic acids is 1. The predicted octanol–water partition coefficient (Wildman–Crippen LogP) is 18.6. The van der Waals surface area contributed by atoms with Gasteiger partial charge < -0.3 is 54.7 Å². The van der Waals surface area contributed by atoms with Gasteiger partial charge in [0.2, 0.25) is 0 Å². The number of fused-ring (bicyclic) bond motifs is 1. The van der Waals surface area contributed by atoms with Crippen LogP contribution in [0.25, 0.3) is 22.0 Å². The number of nitriles is 1. The lowest BCUT2D eigenvalue weighted by molar-refractivity contribution is -0.145. The predicted molar refractivity (Wildman–Crippen MR) is 444 cm³/mol. The number of aromatic carboxylic acids is 1. The topological polar surface area (TPSA) is 417 Å². The number of aromatic nitrogens is 7. The van der Waals surface area contributed by atoms with Gasteiger partial charge in [-0.05, 0) is 144 Å². The number of nitrogens with zero attached hydrogens (tertiary/aromatic N) is 7. The number of hydrogen-bond acceptors (Lipinski definition) is 25. The summed E-state index contributed by atoms with van der Waals surface area (Å²) in [5, 5.41) is 43.3. The van der Waals surface area contributed by atoms with Crippen LogP contribution in [0.4, 0.5) is 17.1 Å². The van der Waals surface area contributed by atoms with Gasteiger partial charge >= 0.3 is 35.0 Å². The van der Waals surface area contributed by atoms with Crippen molar-refractivity contribution in [1.82, 2.24) is 34.5 Å². The molecule has 9 rings (SSSR count). The maximum Gasteiger partial charge on any atom is 0.343 e. The minimum Gasteiger partial charge on any atom is -0.507 e. The zero-order chi connectivity index (χ0) is 84.5. The van der Waals surface area contributed by atoms with E-state index >= 15 is 0 Å². The first-order valence-corrected chi connectivity index (χ1v) is 40.0. The number of benzene rings is 2. The maximum absolute atomic E-state index is 11.5. The first-order valence-electron chi connectivity index (χ1n) is 33.3. The summed E-state index contributed by atoms with van der Waals surface area (Å²) in [6.07, 6.45) is 9.07. The van der Waals surface area contributed by atoms with Crippen LogP contribution in [0, 0.1) is 16.7 Å². The number of esters is 4. The van der Waals surface area contributed by atoms with Gasteiger partial charge in [-0.3, -0.25) is 33.9 Å². The van der Waals surface area contributed by atoms with Crippen LogP contribution in [-0.4, -0.2) is 138 Å². The molecule has 0 unspecified atom stereocenters. The quantitative estimate of drug-likeness (QED) is 0.00827. The number of nitrogens with one attached hydrogen (secondary N) is 5. The second-order valence-corrected chi connectivity index (χ2v) is 30.1. The lowest BCUT2D eigenvalue weighted by atomic mass is 10.1. The number of carbonyl (C=O) groups is 8. The molecule has 0 atom stereocenters. The summed E-state index contributed by atoms with van der Waals surface area (Å²) in [6, 6.07) is 32.6. The van der Waals surface area contributed by atoms with Crippen LogP contribution < -0.4 is 27.0 Å². The number of ether oxygens (including phenoxy) is 4. The third-order valence-corrected chi connectivity index (χ3v) is 14.3. The van der Waals surface area contributed by atoms with Crippen molar-refractivity contribution < 1.29 is 72.1 Å². The molecule has 0 aliphatic rings. The van der Waals surface area contributed by atoms with Gasteiger partial charge in [0.1, 0.15) is 65.9 Å². The molecule has 2 aromatic carbocycles. The van der Waals surface area contributed by atoms with Crippen molar-refractivity contribution >= 4 is 184 Å². The molecule has 0 bridgehead atoms. The molecule has 0 amide bonds. The Morgan fingerprint density at radius 3 is 1.49 bits per heavy atom. The number of halogens is 9. The molecule has 0 spiro atoms. The summed E-state index contributed by atoms with van der Waals surface area (Å²) in [5.41, 5.74) is 7.13. The normalized spacial score (nSPS) is 9.74. The molecule has 28 nitrogen and oxygen atoms in total. The lowest BCUT2D eigenvalue weighted by Gasteiger charge is -2.13. The standard InChI is InChI=1S/C16H14ClN3.C10H13ClN2O2.C8H7Cl2NO2.C8H9ClN2O2.C8H9ClN2O.C8H9NO4.C8H7N.C8H12O4.CH4.Cl3OP/c1-2-20-14-9-15(17)19-10-12(14)8-13(16(20)18)11-6-4-3-5-7-11;1-3-12-8-5-9(11)13-6-7(8)10(14)15-4-2;1-2-13-8(12)5-4-11-7(10)3-6(5)9;1-2-10-6-3-7(9)11-4-5(6)8(12)13;1-2-10-7-3-8(9)11-4-6(7)5-12;1-2-13-8(12)5-4-9-7(11)3-6(5)10;9-7-6-8-4-2-1-3-5-8;1-3-12-8(11)5-7(10)4-6(2)9;;1-5(2,3)4/h3-10,18H,2H2,1H3;5-6H,3-4H2,1-2H3,(H,12,13);3-4H,2H2,1H3;3-4H,2H2,1H3,(H,10,11)(H,12,13);3-5H,2H2,1H3,(H,10,11);3-4H,2H2,1H3,(H2,9,10,11);1-5H,6H2;3-5H2,1-2H3;1H4;. The van der Waals surface area contributed by atoms with Gasteiger partial charge in [0.25, 0.3) is 5.56 Å². The fraction of sp³-hybridized carbons (Fsp3) is 0.280. The van der Waals surface area contributed by atoms with E-state index in [0.717, 1.165) is 64.9 Å². The molecule has 0 saturated carbocycles. The number of Topliss-reactive ketones (excluding diaryl/α,β-unsaturated/α-hetero) is 2. The molecule has 0 saturated heterocycles. The van der Waals surface area contributed by atoms with E-state index in [0.29, 0.717) is 76.2 Å². The highest BCUT2D eigenvalue weighted by Gasteiger charge is 2.17. The summed E-state index contributed by atoms with van der Waals surface area (Å²) in [4.78, 5) is 119. The van der Waals surface area contributed by atoms with Crippen LogP contribution in [0.2, 0.25) is 30.8 Å². The Morgan fingerprint density at radius 1 is 0.593 bits per heavy atom. The third-order valence-electron chi connectivity index (χ3n) is 12.9. The largest absolute Gasteiger partial charge is 0.507 e. The number of pyridine rings is 7. The van der Waals surface area contributed by atoms with Crippen LogP contribution in [-0.2, 0) is 50.9 Å². The molecular weight excluding hydrogens is 1670 g/mol. The number of aldehydes is 1. The minimum absolute atomic E-state index is 0. The minimum atomic E-state index is -3.22. The Bertz CT molecular complexity index is 4770. The zero-order valence-corrected chi connectivity index (χ0v) is 69.4. The third kappa shape index (κ3) is 42.1. The fourth-order valence-electron chi connectivity index (χ4n) is 8.38. The van der Waals surface area contributed by atoms with Crippen LogP contribution in [0.3, 0.4) is 0 Å². The molecule has 608 valence electrons. The van der Waals surface area contributed by atoms with Gasteiger partial charge in [-0.15, -0.1) is 0 Å². The van der Waals surface area contributed by atoms with Crippen LogP contribution in [0.1, 0.15) is 140 Å².